The molecule has 0 amide bonds. The third kappa shape index (κ3) is 3.15. The highest BCUT2D eigenvalue weighted by Crippen LogP contribution is 2.64. The maximum atomic E-state index is 2.45. The van der Waals surface area contributed by atoms with Crippen molar-refractivity contribution in [3.05, 3.63) is 70.1 Å². The van der Waals surface area contributed by atoms with Crippen LogP contribution in [0.2, 0.25) is 0 Å². The van der Waals surface area contributed by atoms with Crippen LogP contribution in [0.4, 0.5) is 0 Å². The van der Waals surface area contributed by atoms with Crippen molar-refractivity contribution in [2.75, 3.05) is 0 Å². The molecule has 1 aliphatic carbocycles. The van der Waals surface area contributed by atoms with Gasteiger partial charge < -0.3 is 0 Å². The van der Waals surface area contributed by atoms with Crippen molar-refractivity contribution < 1.29 is 0 Å². The summed E-state index contributed by atoms with van der Waals surface area (Å²) in [6.07, 6.45) is 5.86. The first-order valence-electron chi connectivity index (χ1n) is 10.2. The number of rotatable bonds is 5. The quantitative estimate of drug-likeness (QED) is 0.641. The van der Waals surface area contributed by atoms with Crippen molar-refractivity contribution in [1.82, 2.24) is 0 Å². The maximum Gasteiger partial charge on any atom is -0.00124 e. The van der Waals surface area contributed by atoms with E-state index in [9.17, 15) is 0 Å². The monoisotopic (exact) mass is 346 g/mol. The van der Waals surface area contributed by atoms with E-state index in [2.05, 4.69) is 96.1 Å². The topological polar surface area (TPSA) is 0 Å². The van der Waals surface area contributed by atoms with E-state index >= 15 is 0 Å². The number of benzene rings is 2. The SMILES string of the molecule is CC/C=c1/cccc/c1=C(\c1ccccc1C1(C)CC1(C)C)C(C)CC. The van der Waals surface area contributed by atoms with Gasteiger partial charge in [0.05, 0.1) is 0 Å². The maximum absolute atomic E-state index is 2.45. The van der Waals surface area contributed by atoms with Crippen LogP contribution in [0, 0.1) is 11.3 Å². The van der Waals surface area contributed by atoms with Crippen LogP contribution in [0.1, 0.15) is 71.9 Å². The van der Waals surface area contributed by atoms with Gasteiger partial charge in [-0.3, -0.25) is 0 Å². The van der Waals surface area contributed by atoms with Crippen molar-refractivity contribution in [2.24, 2.45) is 11.3 Å². The Morgan fingerprint density at radius 3 is 2.23 bits per heavy atom. The fourth-order valence-electron chi connectivity index (χ4n) is 4.52. The lowest BCUT2D eigenvalue weighted by Crippen LogP contribution is -2.30. The Morgan fingerprint density at radius 1 is 1.00 bits per heavy atom. The highest BCUT2D eigenvalue weighted by Gasteiger charge is 2.59. The largest absolute Gasteiger partial charge is 0.0769 e. The molecule has 1 aliphatic rings. The van der Waals surface area contributed by atoms with E-state index in [-0.39, 0.29) is 5.41 Å². The Balaban J connectivity index is 2.36. The second-order valence-corrected chi connectivity index (χ2v) is 8.86. The minimum Gasteiger partial charge on any atom is -0.0769 e. The molecular formula is C26H34. The fourth-order valence-corrected chi connectivity index (χ4v) is 4.52. The molecule has 1 saturated carbocycles. The average Bonchev–Trinajstić information content (AvgIpc) is 3.16. The zero-order valence-corrected chi connectivity index (χ0v) is 17.4. The summed E-state index contributed by atoms with van der Waals surface area (Å²) in [4.78, 5) is 0. The van der Waals surface area contributed by atoms with Crippen LogP contribution in [0.25, 0.3) is 11.6 Å². The molecule has 0 heterocycles. The smallest absolute Gasteiger partial charge is 0.00124 e. The van der Waals surface area contributed by atoms with Crippen LogP contribution >= 0.6 is 0 Å². The van der Waals surface area contributed by atoms with Crippen LogP contribution < -0.4 is 10.4 Å². The van der Waals surface area contributed by atoms with Crippen LogP contribution in [0.3, 0.4) is 0 Å². The van der Waals surface area contributed by atoms with Crippen LogP contribution in [-0.4, -0.2) is 0 Å². The number of hydrogen-bond donors (Lipinski definition) is 0. The molecule has 2 aromatic rings. The van der Waals surface area contributed by atoms with Gasteiger partial charge in [0, 0.05) is 0 Å². The van der Waals surface area contributed by atoms with Gasteiger partial charge in [-0.25, -0.2) is 0 Å². The first-order chi connectivity index (χ1) is 12.4. The molecule has 0 spiro atoms. The van der Waals surface area contributed by atoms with E-state index in [0.29, 0.717) is 11.3 Å². The van der Waals surface area contributed by atoms with Gasteiger partial charge in [0.15, 0.2) is 0 Å². The second-order valence-electron chi connectivity index (χ2n) is 8.86. The van der Waals surface area contributed by atoms with Gasteiger partial charge in [-0.1, -0.05) is 96.1 Å². The summed E-state index contributed by atoms with van der Waals surface area (Å²) in [7, 11) is 0. The normalized spacial score (nSPS) is 24.3. The standard InChI is InChI=1S/C26H34/c1-7-13-20-14-9-10-15-21(20)24(19(3)8-2)22-16-11-12-17-23(22)26(6)18-25(26,4)5/h9-17,19H,7-8,18H2,1-6H3/b20-13-,24-21+. The average molecular weight is 347 g/mol. The summed E-state index contributed by atoms with van der Waals surface area (Å²) < 4.78 is 0. The molecule has 0 aliphatic heterocycles. The fraction of sp³-hybridized carbons (Fsp3) is 0.462. The predicted octanol–water partition coefficient (Wildman–Crippen LogP) is 5.81. The molecule has 138 valence electrons. The Morgan fingerprint density at radius 2 is 1.62 bits per heavy atom. The third-order valence-electron chi connectivity index (χ3n) is 6.76. The van der Waals surface area contributed by atoms with Crippen molar-refractivity contribution in [3.63, 3.8) is 0 Å². The van der Waals surface area contributed by atoms with Gasteiger partial charge in [0.25, 0.3) is 0 Å². The molecule has 0 heteroatoms. The summed E-state index contributed by atoms with van der Waals surface area (Å²) in [6, 6.07) is 18.1. The Bertz CT molecular complexity index is 900. The zero-order valence-electron chi connectivity index (χ0n) is 17.4. The van der Waals surface area contributed by atoms with Crippen LogP contribution in [-0.2, 0) is 5.41 Å². The van der Waals surface area contributed by atoms with Gasteiger partial charge >= 0.3 is 0 Å². The summed E-state index contributed by atoms with van der Waals surface area (Å²) in [5.74, 6) is 0.535. The molecule has 2 unspecified atom stereocenters. The minimum atomic E-state index is 0.283. The predicted molar refractivity (Wildman–Crippen MR) is 115 cm³/mol. The molecule has 2 aromatic carbocycles. The van der Waals surface area contributed by atoms with E-state index in [1.54, 1.807) is 0 Å². The lowest BCUT2D eigenvalue weighted by Gasteiger charge is -2.24. The summed E-state index contributed by atoms with van der Waals surface area (Å²) in [5, 5.41) is 2.79. The van der Waals surface area contributed by atoms with E-state index in [0.717, 1.165) is 12.8 Å². The molecule has 0 aromatic heterocycles. The van der Waals surface area contributed by atoms with E-state index in [1.807, 2.05) is 0 Å². The summed E-state index contributed by atoms with van der Waals surface area (Å²) in [5.41, 5.74) is 5.19. The van der Waals surface area contributed by atoms with E-state index in [1.165, 1.54) is 33.6 Å². The van der Waals surface area contributed by atoms with Crippen molar-refractivity contribution in [2.45, 2.75) is 66.2 Å². The zero-order chi connectivity index (χ0) is 18.9. The highest BCUT2D eigenvalue weighted by molar-refractivity contribution is 5.72. The van der Waals surface area contributed by atoms with Crippen molar-refractivity contribution >= 4 is 11.6 Å². The Hall–Kier alpha value is -1.82. The minimum absolute atomic E-state index is 0.283. The van der Waals surface area contributed by atoms with Gasteiger partial charge in [0.1, 0.15) is 0 Å². The Kier molecular flexibility index (Phi) is 5.15. The lowest BCUT2D eigenvalue weighted by atomic mass is 9.80. The van der Waals surface area contributed by atoms with Crippen molar-refractivity contribution in [1.29, 1.82) is 0 Å². The van der Waals surface area contributed by atoms with Crippen LogP contribution in [0.15, 0.2) is 48.5 Å². The van der Waals surface area contributed by atoms with Gasteiger partial charge in [-0.15, -0.1) is 0 Å². The van der Waals surface area contributed by atoms with E-state index in [4.69, 9.17) is 0 Å². The molecule has 0 saturated heterocycles. The van der Waals surface area contributed by atoms with Gasteiger partial charge in [-0.05, 0) is 63.1 Å². The molecule has 26 heavy (non-hydrogen) atoms. The molecular weight excluding hydrogens is 312 g/mol. The molecule has 0 nitrogen and oxygen atoms in total. The summed E-state index contributed by atoms with van der Waals surface area (Å²) in [6.45, 7) is 14.2. The van der Waals surface area contributed by atoms with Gasteiger partial charge in [0.2, 0.25) is 0 Å². The first kappa shape index (κ1) is 19.0. The summed E-state index contributed by atoms with van der Waals surface area (Å²) >= 11 is 0. The van der Waals surface area contributed by atoms with Crippen molar-refractivity contribution in [3.8, 4) is 0 Å². The van der Waals surface area contributed by atoms with E-state index < -0.39 is 0 Å². The molecule has 2 atom stereocenters. The second kappa shape index (κ2) is 7.06. The highest BCUT2D eigenvalue weighted by atomic mass is 14.6. The first-order valence-corrected chi connectivity index (χ1v) is 10.2. The van der Waals surface area contributed by atoms with Gasteiger partial charge in [-0.2, -0.15) is 0 Å². The molecule has 0 bridgehead atoms. The number of hydrogen-bond acceptors (Lipinski definition) is 0. The van der Waals surface area contributed by atoms with Crippen LogP contribution in [0.5, 0.6) is 0 Å². The Labute approximate surface area is 159 Å². The molecule has 3 rings (SSSR count). The molecule has 0 N–H and O–H groups in total. The lowest BCUT2D eigenvalue weighted by molar-refractivity contribution is 0.527. The third-order valence-corrected chi connectivity index (χ3v) is 6.76. The molecule has 1 fully saturated rings. The molecule has 0 radical (unpaired) electrons.